The molecule has 0 fully saturated rings. The Morgan fingerprint density at radius 3 is 2.37 bits per heavy atom. The summed E-state index contributed by atoms with van der Waals surface area (Å²) in [7, 11) is 1.50. The van der Waals surface area contributed by atoms with E-state index >= 15 is 0 Å². The standard InChI is InChI=1S/C12H9F3N2O.ClH/c1-18-6-8-2-3-16-12(17-8)7-4-9(13)11(15)10(14)5-7;/h2-5H,6H2,1H3;1H. The maximum atomic E-state index is 13.1. The van der Waals surface area contributed by atoms with E-state index in [9.17, 15) is 13.2 Å². The van der Waals surface area contributed by atoms with E-state index < -0.39 is 17.5 Å². The van der Waals surface area contributed by atoms with Crippen LogP contribution in [0.1, 0.15) is 5.69 Å². The quantitative estimate of drug-likeness (QED) is 0.815. The summed E-state index contributed by atoms with van der Waals surface area (Å²) >= 11 is 0. The smallest absolute Gasteiger partial charge is 0.194 e. The maximum Gasteiger partial charge on any atom is 0.194 e. The number of methoxy groups -OCH3 is 1. The van der Waals surface area contributed by atoms with Gasteiger partial charge in [0, 0.05) is 18.9 Å². The second kappa shape index (κ2) is 6.49. The van der Waals surface area contributed by atoms with Gasteiger partial charge in [-0.3, -0.25) is 0 Å². The van der Waals surface area contributed by atoms with Crippen molar-refractivity contribution in [2.24, 2.45) is 0 Å². The van der Waals surface area contributed by atoms with Crippen molar-refractivity contribution in [3.8, 4) is 11.4 Å². The molecular formula is C12H10ClF3N2O. The zero-order chi connectivity index (χ0) is 13.1. The van der Waals surface area contributed by atoms with Crippen molar-refractivity contribution in [2.45, 2.75) is 6.61 Å². The molecule has 102 valence electrons. The zero-order valence-corrected chi connectivity index (χ0v) is 10.7. The van der Waals surface area contributed by atoms with E-state index in [-0.39, 0.29) is 30.4 Å². The van der Waals surface area contributed by atoms with Crippen LogP contribution < -0.4 is 0 Å². The van der Waals surface area contributed by atoms with Gasteiger partial charge >= 0.3 is 0 Å². The van der Waals surface area contributed by atoms with Crippen LogP contribution in [-0.2, 0) is 11.3 Å². The summed E-state index contributed by atoms with van der Waals surface area (Å²) in [6.07, 6.45) is 1.44. The summed E-state index contributed by atoms with van der Waals surface area (Å²) in [5.41, 5.74) is 0.636. The summed E-state index contributed by atoms with van der Waals surface area (Å²) in [6, 6.07) is 3.32. The van der Waals surface area contributed by atoms with Gasteiger partial charge in [-0.05, 0) is 18.2 Å². The van der Waals surface area contributed by atoms with E-state index in [1.165, 1.54) is 13.3 Å². The lowest BCUT2D eigenvalue weighted by Crippen LogP contribution is -1.98. The molecule has 0 saturated carbocycles. The molecule has 0 amide bonds. The molecule has 1 aromatic heterocycles. The minimum atomic E-state index is -1.51. The summed E-state index contributed by atoms with van der Waals surface area (Å²) in [5.74, 6) is -3.94. The minimum Gasteiger partial charge on any atom is -0.378 e. The fraction of sp³-hybridized carbons (Fsp3) is 0.167. The molecule has 0 aliphatic carbocycles. The molecule has 0 saturated heterocycles. The van der Waals surface area contributed by atoms with E-state index in [2.05, 4.69) is 9.97 Å². The highest BCUT2D eigenvalue weighted by Gasteiger charge is 2.13. The third-order valence-electron chi connectivity index (χ3n) is 2.25. The average Bonchev–Trinajstić information content (AvgIpc) is 2.36. The molecule has 1 heterocycles. The number of nitrogens with zero attached hydrogens (tertiary/aromatic N) is 2. The van der Waals surface area contributed by atoms with Crippen molar-refractivity contribution in [3.05, 3.63) is 47.5 Å². The van der Waals surface area contributed by atoms with Gasteiger partial charge in [0.15, 0.2) is 23.3 Å². The Labute approximate surface area is 113 Å². The van der Waals surface area contributed by atoms with Gasteiger partial charge in [-0.2, -0.15) is 0 Å². The van der Waals surface area contributed by atoms with Gasteiger partial charge in [0.25, 0.3) is 0 Å². The van der Waals surface area contributed by atoms with Crippen molar-refractivity contribution in [1.82, 2.24) is 9.97 Å². The van der Waals surface area contributed by atoms with Gasteiger partial charge in [0.05, 0.1) is 12.3 Å². The van der Waals surface area contributed by atoms with Crippen LogP contribution in [0.2, 0.25) is 0 Å². The second-order valence-electron chi connectivity index (χ2n) is 3.56. The highest BCUT2D eigenvalue weighted by Crippen LogP contribution is 2.20. The second-order valence-corrected chi connectivity index (χ2v) is 3.56. The van der Waals surface area contributed by atoms with Crippen molar-refractivity contribution in [1.29, 1.82) is 0 Å². The number of aromatic nitrogens is 2. The molecule has 0 spiro atoms. The molecule has 0 N–H and O–H groups in total. The molecule has 0 radical (unpaired) electrons. The van der Waals surface area contributed by atoms with E-state index in [0.717, 1.165) is 12.1 Å². The molecule has 2 rings (SSSR count). The summed E-state index contributed by atoms with van der Waals surface area (Å²) < 4.78 is 43.9. The number of hydrogen-bond acceptors (Lipinski definition) is 3. The fourth-order valence-electron chi connectivity index (χ4n) is 1.45. The van der Waals surface area contributed by atoms with Crippen LogP contribution in [0.5, 0.6) is 0 Å². The van der Waals surface area contributed by atoms with Gasteiger partial charge in [-0.25, -0.2) is 23.1 Å². The fourth-order valence-corrected chi connectivity index (χ4v) is 1.45. The monoisotopic (exact) mass is 290 g/mol. The first-order valence-electron chi connectivity index (χ1n) is 5.07. The number of halogens is 4. The third kappa shape index (κ3) is 3.42. The van der Waals surface area contributed by atoms with Crippen molar-refractivity contribution < 1.29 is 17.9 Å². The predicted octanol–water partition coefficient (Wildman–Crippen LogP) is 3.13. The van der Waals surface area contributed by atoms with Crippen molar-refractivity contribution in [2.75, 3.05) is 7.11 Å². The Balaban J connectivity index is 0.00000180. The SMILES string of the molecule is COCc1ccnc(-c2cc(F)c(F)c(F)c2)n1.Cl. The summed E-state index contributed by atoms with van der Waals surface area (Å²) in [6.45, 7) is 0.252. The van der Waals surface area contributed by atoms with Gasteiger partial charge in [0.2, 0.25) is 0 Å². The molecule has 0 unspecified atom stereocenters. The summed E-state index contributed by atoms with van der Waals surface area (Å²) in [5, 5.41) is 0. The lowest BCUT2D eigenvalue weighted by Gasteiger charge is -2.04. The average molecular weight is 291 g/mol. The number of rotatable bonds is 3. The van der Waals surface area contributed by atoms with Crippen LogP contribution in [0.25, 0.3) is 11.4 Å². The molecule has 19 heavy (non-hydrogen) atoms. The van der Waals surface area contributed by atoms with Crippen molar-refractivity contribution in [3.63, 3.8) is 0 Å². The molecule has 2 aromatic rings. The van der Waals surface area contributed by atoms with Crippen LogP contribution in [0.4, 0.5) is 13.2 Å². The van der Waals surface area contributed by atoms with Crippen LogP contribution >= 0.6 is 12.4 Å². The van der Waals surface area contributed by atoms with Crippen LogP contribution in [0.15, 0.2) is 24.4 Å². The van der Waals surface area contributed by atoms with Gasteiger partial charge in [-0.15, -0.1) is 12.4 Å². The van der Waals surface area contributed by atoms with Gasteiger partial charge < -0.3 is 4.74 Å². The first-order valence-corrected chi connectivity index (χ1v) is 5.07. The molecular weight excluding hydrogens is 281 g/mol. The number of ether oxygens (including phenoxy) is 1. The molecule has 0 aliphatic rings. The normalized spacial score (nSPS) is 10.1. The van der Waals surface area contributed by atoms with E-state index in [1.807, 2.05) is 0 Å². The van der Waals surface area contributed by atoms with Crippen LogP contribution in [0.3, 0.4) is 0 Å². The molecule has 0 aliphatic heterocycles. The molecule has 7 heteroatoms. The number of hydrogen-bond donors (Lipinski definition) is 0. The first kappa shape index (κ1) is 15.4. The molecule has 3 nitrogen and oxygen atoms in total. The number of benzene rings is 1. The molecule has 0 bridgehead atoms. The van der Waals surface area contributed by atoms with Crippen LogP contribution in [-0.4, -0.2) is 17.1 Å². The Morgan fingerprint density at radius 2 is 1.79 bits per heavy atom. The molecule has 0 atom stereocenters. The van der Waals surface area contributed by atoms with Crippen LogP contribution in [0, 0.1) is 17.5 Å². The van der Waals surface area contributed by atoms with Gasteiger partial charge in [0.1, 0.15) is 0 Å². The third-order valence-corrected chi connectivity index (χ3v) is 2.25. The van der Waals surface area contributed by atoms with E-state index in [0.29, 0.717) is 5.69 Å². The van der Waals surface area contributed by atoms with E-state index in [4.69, 9.17) is 4.74 Å². The highest BCUT2D eigenvalue weighted by molar-refractivity contribution is 5.85. The lowest BCUT2D eigenvalue weighted by molar-refractivity contribution is 0.181. The topological polar surface area (TPSA) is 35.0 Å². The highest BCUT2D eigenvalue weighted by atomic mass is 35.5. The zero-order valence-electron chi connectivity index (χ0n) is 9.86. The Morgan fingerprint density at radius 1 is 1.16 bits per heavy atom. The Bertz CT molecular complexity index is 558. The first-order chi connectivity index (χ1) is 8.61. The summed E-state index contributed by atoms with van der Waals surface area (Å²) in [4.78, 5) is 7.93. The maximum absolute atomic E-state index is 13.1. The minimum absolute atomic E-state index is 0. The van der Waals surface area contributed by atoms with E-state index in [1.54, 1.807) is 6.07 Å². The largest absolute Gasteiger partial charge is 0.378 e. The predicted molar refractivity (Wildman–Crippen MR) is 65.3 cm³/mol. The lowest BCUT2D eigenvalue weighted by atomic mass is 10.2. The van der Waals surface area contributed by atoms with Crippen molar-refractivity contribution >= 4 is 12.4 Å². The van der Waals surface area contributed by atoms with Gasteiger partial charge in [-0.1, -0.05) is 0 Å². The Hall–Kier alpha value is -1.66. The Kier molecular flexibility index (Phi) is 5.26. The molecule has 1 aromatic carbocycles.